The molecule has 0 atom stereocenters. The molecule has 0 saturated carbocycles. The van der Waals surface area contributed by atoms with Gasteiger partial charge in [-0.25, -0.2) is 0 Å². The van der Waals surface area contributed by atoms with Gasteiger partial charge in [-0.3, -0.25) is 0 Å². The second-order valence-corrected chi connectivity index (χ2v) is 17.0. The molecule has 3 aromatic heterocycles. The maximum atomic E-state index is 3.69. The molecule has 5 heterocycles. The van der Waals surface area contributed by atoms with Gasteiger partial charge in [0.25, 0.3) is 0 Å². The Morgan fingerprint density at radius 1 is 0.400 bits per heavy atom. The van der Waals surface area contributed by atoms with E-state index in [1.54, 1.807) is 0 Å². The summed E-state index contributed by atoms with van der Waals surface area (Å²) in [6, 6.07) is 58.9. The van der Waals surface area contributed by atoms with E-state index < -0.39 is 0 Å². The summed E-state index contributed by atoms with van der Waals surface area (Å²) >= 11 is 9.16. The number of nitrogens with one attached hydrogen (secondary N) is 1. The smallest absolute Gasteiger partial charge is 0.0783 e. The van der Waals surface area contributed by atoms with Gasteiger partial charge in [-0.2, -0.15) is 0 Å². The number of hydrogen-bond donors (Lipinski definition) is 1. The Morgan fingerprint density at radius 2 is 0.945 bits per heavy atom. The molecule has 8 aromatic carbocycles. The van der Waals surface area contributed by atoms with E-state index in [0.29, 0.717) is 0 Å². The number of nitrogens with zero attached hydrogens (tertiary/aromatic N) is 3. The molecule has 7 heteroatoms. The number of thiophene rings is 1. The van der Waals surface area contributed by atoms with E-state index in [0.717, 1.165) is 14.6 Å². The third-order valence-electron chi connectivity index (χ3n) is 11.1. The Hall–Kier alpha value is -5.86. The van der Waals surface area contributed by atoms with Gasteiger partial charge < -0.3 is 19.4 Å². The predicted octanol–water partition coefficient (Wildman–Crippen LogP) is 15.3. The molecular formula is C48H28Br2N4S. The largest absolute Gasteiger partial charge is 0.352 e. The first-order chi connectivity index (χ1) is 27.1. The molecule has 0 amide bonds. The lowest BCUT2D eigenvalue weighted by Crippen LogP contribution is -2.18. The Kier molecular flexibility index (Phi) is 6.77. The first-order valence-electron chi connectivity index (χ1n) is 18.2. The topological polar surface area (TPSA) is 25.1 Å². The van der Waals surface area contributed by atoms with Gasteiger partial charge in [0.05, 0.1) is 66.6 Å². The van der Waals surface area contributed by atoms with E-state index in [4.69, 9.17) is 0 Å². The van der Waals surface area contributed by atoms with Gasteiger partial charge in [0.1, 0.15) is 0 Å². The quantitative estimate of drug-likeness (QED) is 0.178. The standard InChI is InChI=1S/C30H17BrN2S.C18H11BrN2/c31-18-15-16-23-22(17-18)20-8-5-12-26-29(20)33(23)25-11-3-2-10-24(25)32(26)27-13-6-9-21-19-7-1-4-14-28(19)34-30(21)27;19-11-8-9-16-13(10-11)12-4-3-6-15-18(12)21(16)17-7-2-1-5-14(17)20-15/h1-17H;1-10,20H. The summed E-state index contributed by atoms with van der Waals surface area (Å²) in [6.45, 7) is 0. The molecule has 0 unspecified atom stereocenters. The van der Waals surface area contributed by atoms with Crippen molar-refractivity contribution >= 4 is 135 Å². The molecule has 1 N–H and O–H groups in total. The predicted molar refractivity (Wildman–Crippen MR) is 241 cm³/mol. The van der Waals surface area contributed by atoms with Crippen LogP contribution in [0.1, 0.15) is 0 Å². The van der Waals surface area contributed by atoms with Gasteiger partial charge in [0.15, 0.2) is 0 Å². The third kappa shape index (κ3) is 4.49. The van der Waals surface area contributed by atoms with Crippen LogP contribution in [0.2, 0.25) is 0 Å². The van der Waals surface area contributed by atoms with E-state index in [2.05, 4.69) is 215 Å². The second kappa shape index (κ2) is 11.8. The second-order valence-electron chi connectivity index (χ2n) is 14.1. The van der Waals surface area contributed by atoms with Gasteiger partial charge in [0.2, 0.25) is 0 Å². The molecule has 0 saturated heterocycles. The van der Waals surface area contributed by atoms with E-state index in [-0.39, 0.29) is 0 Å². The van der Waals surface area contributed by atoms with Crippen molar-refractivity contribution in [3.05, 3.63) is 173 Å². The Balaban J connectivity index is 0.000000136. The van der Waals surface area contributed by atoms with Crippen LogP contribution in [0.15, 0.2) is 173 Å². The van der Waals surface area contributed by atoms with Crippen LogP contribution in [0.4, 0.5) is 28.4 Å². The van der Waals surface area contributed by atoms with Gasteiger partial charge in [-0.1, -0.05) is 111 Å². The number of aromatic nitrogens is 2. The highest BCUT2D eigenvalue weighted by atomic mass is 79.9. The average Bonchev–Trinajstić information content (AvgIpc) is 3.88. The summed E-state index contributed by atoms with van der Waals surface area (Å²) in [4.78, 5) is 2.46. The molecule has 2 aliphatic rings. The van der Waals surface area contributed by atoms with Crippen LogP contribution >= 0.6 is 43.2 Å². The van der Waals surface area contributed by atoms with Crippen LogP contribution in [0.25, 0.3) is 75.2 Å². The summed E-state index contributed by atoms with van der Waals surface area (Å²) in [5.41, 5.74) is 13.4. The molecule has 4 nitrogen and oxygen atoms in total. The zero-order valence-electron chi connectivity index (χ0n) is 29.1. The number of anilines is 5. The number of halogens is 2. The zero-order chi connectivity index (χ0) is 36.4. The van der Waals surface area contributed by atoms with Crippen molar-refractivity contribution in [3.63, 3.8) is 0 Å². The van der Waals surface area contributed by atoms with Gasteiger partial charge >= 0.3 is 0 Å². The van der Waals surface area contributed by atoms with Crippen LogP contribution in [0.3, 0.4) is 0 Å². The third-order valence-corrected chi connectivity index (χ3v) is 13.3. The SMILES string of the molecule is Brc1ccc2c(c1)c1cccc3c1n2-c1ccccc1N3.Brc1ccc2c(c1)c1cccc3c1n2-c1ccccc1N3c1cccc2c1sc1ccccc12. The number of para-hydroxylation sites is 6. The minimum atomic E-state index is 1.10. The summed E-state index contributed by atoms with van der Waals surface area (Å²) in [6.07, 6.45) is 0. The number of hydrogen-bond acceptors (Lipinski definition) is 3. The Bertz CT molecular complexity index is 3410. The lowest BCUT2D eigenvalue weighted by molar-refractivity contribution is 1.12. The van der Waals surface area contributed by atoms with E-state index in [9.17, 15) is 0 Å². The molecule has 13 rings (SSSR count). The Morgan fingerprint density at radius 3 is 1.73 bits per heavy atom. The van der Waals surface area contributed by atoms with Crippen molar-refractivity contribution in [2.75, 3.05) is 10.2 Å². The highest BCUT2D eigenvalue weighted by molar-refractivity contribution is 9.10. The van der Waals surface area contributed by atoms with Gasteiger partial charge in [-0.05, 0) is 84.9 Å². The molecule has 55 heavy (non-hydrogen) atoms. The van der Waals surface area contributed by atoms with Crippen LogP contribution in [-0.4, -0.2) is 9.13 Å². The van der Waals surface area contributed by atoms with Crippen molar-refractivity contribution in [1.82, 2.24) is 9.13 Å². The van der Waals surface area contributed by atoms with Crippen LogP contribution in [0, 0.1) is 0 Å². The number of benzene rings is 8. The zero-order valence-corrected chi connectivity index (χ0v) is 33.1. The minimum Gasteiger partial charge on any atom is -0.352 e. The van der Waals surface area contributed by atoms with E-state index in [1.807, 2.05) is 11.3 Å². The normalized spacial score (nSPS) is 12.7. The van der Waals surface area contributed by atoms with Crippen LogP contribution in [0.5, 0.6) is 0 Å². The molecule has 0 aliphatic carbocycles. The van der Waals surface area contributed by atoms with E-state index in [1.165, 1.54) is 97.9 Å². The fourth-order valence-corrected chi connectivity index (χ4v) is 10.8. The lowest BCUT2D eigenvalue weighted by atomic mass is 10.1. The molecule has 0 spiro atoms. The summed E-state index contributed by atoms with van der Waals surface area (Å²) in [5.74, 6) is 0. The van der Waals surface area contributed by atoms with Crippen LogP contribution in [-0.2, 0) is 0 Å². The first kappa shape index (κ1) is 31.5. The van der Waals surface area contributed by atoms with E-state index >= 15 is 0 Å². The summed E-state index contributed by atoms with van der Waals surface area (Å²) < 4.78 is 9.65. The lowest BCUT2D eigenvalue weighted by Gasteiger charge is -2.33. The maximum absolute atomic E-state index is 3.69. The summed E-state index contributed by atoms with van der Waals surface area (Å²) in [7, 11) is 0. The number of rotatable bonds is 1. The Labute approximate surface area is 336 Å². The van der Waals surface area contributed by atoms with Crippen molar-refractivity contribution in [2.24, 2.45) is 0 Å². The monoisotopic (exact) mass is 850 g/mol. The highest BCUT2D eigenvalue weighted by Crippen LogP contribution is 2.52. The average molecular weight is 853 g/mol. The molecule has 0 fully saturated rings. The minimum absolute atomic E-state index is 1.10. The van der Waals surface area contributed by atoms with Gasteiger partial charge in [0, 0.05) is 46.0 Å². The fourth-order valence-electron chi connectivity index (χ4n) is 8.91. The van der Waals surface area contributed by atoms with Crippen molar-refractivity contribution in [2.45, 2.75) is 0 Å². The molecule has 11 aromatic rings. The first-order valence-corrected chi connectivity index (χ1v) is 20.6. The highest BCUT2D eigenvalue weighted by Gasteiger charge is 2.29. The van der Waals surface area contributed by atoms with Crippen molar-refractivity contribution in [3.8, 4) is 11.4 Å². The fraction of sp³-hybridized carbons (Fsp3) is 0. The van der Waals surface area contributed by atoms with Crippen molar-refractivity contribution in [1.29, 1.82) is 0 Å². The molecule has 0 bridgehead atoms. The summed E-state index contributed by atoms with van der Waals surface area (Å²) in [5, 5.41) is 11.3. The molecule has 2 aliphatic heterocycles. The van der Waals surface area contributed by atoms with Crippen LogP contribution < -0.4 is 10.2 Å². The molecule has 260 valence electrons. The van der Waals surface area contributed by atoms with Gasteiger partial charge in [-0.15, -0.1) is 11.3 Å². The molecular weight excluding hydrogens is 824 g/mol. The maximum Gasteiger partial charge on any atom is 0.0783 e. The number of fused-ring (bicyclic) bond motifs is 13. The van der Waals surface area contributed by atoms with Crippen molar-refractivity contribution < 1.29 is 0 Å². The molecule has 0 radical (unpaired) electrons.